The van der Waals surface area contributed by atoms with E-state index in [0.29, 0.717) is 6.04 Å². The Kier molecular flexibility index (Phi) is 4.60. The summed E-state index contributed by atoms with van der Waals surface area (Å²) in [6.45, 7) is 3.20. The molecule has 21 heavy (non-hydrogen) atoms. The van der Waals surface area contributed by atoms with E-state index in [9.17, 15) is 0 Å². The number of hydrogen-bond acceptors (Lipinski definition) is 1. The first-order valence-electron chi connectivity index (χ1n) is 7.28. The van der Waals surface area contributed by atoms with Gasteiger partial charge in [-0.2, -0.15) is 0 Å². The quantitative estimate of drug-likeness (QED) is 0.609. The largest absolute Gasteiger partial charge is 0.361 e. The van der Waals surface area contributed by atoms with Gasteiger partial charge in [0.05, 0.1) is 0 Å². The second-order valence-corrected chi connectivity index (χ2v) is 6.58. The molecule has 108 valence electrons. The molecule has 1 aromatic heterocycles. The summed E-state index contributed by atoms with van der Waals surface area (Å²) >= 11 is 2.34. The molecule has 3 heteroatoms. The van der Waals surface area contributed by atoms with E-state index in [1.165, 1.54) is 25.6 Å². The van der Waals surface area contributed by atoms with E-state index in [1.807, 2.05) is 0 Å². The predicted octanol–water partition coefficient (Wildman–Crippen LogP) is 4.67. The highest BCUT2D eigenvalue weighted by Gasteiger charge is 2.06. The lowest BCUT2D eigenvalue weighted by Crippen LogP contribution is -2.21. The Labute approximate surface area is 139 Å². The van der Waals surface area contributed by atoms with E-state index < -0.39 is 0 Å². The van der Waals surface area contributed by atoms with Crippen LogP contribution in [0.3, 0.4) is 0 Å². The zero-order chi connectivity index (χ0) is 14.7. The molecule has 0 radical (unpaired) electrons. The molecule has 1 unspecified atom stereocenters. The van der Waals surface area contributed by atoms with Crippen molar-refractivity contribution in [2.24, 2.45) is 0 Å². The molecule has 0 aliphatic carbocycles. The van der Waals surface area contributed by atoms with Crippen molar-refractivity contribution in [2.75, 3.05) is 6.54 Å². The van der Waals surface area contributed by atoms with E-state index in [2.05, 4.69) is 94.5 Å². The Bertz CT molecular complexity index is 715. The third-order valence-electron chi connectivity index (χ3n) is 3.89. The zero-order valence-corrected chi connectivity index (χ0v) is 14.2. The van der Waals surface area contributed by atoms with Gasteiger partial charge in [0.1, 0.15) is 0 Å². The number of aromatic nitrogens is 1. The normalized spacial score (nSPS) is 12.7. The monoisotopic (exact) mass is 390 g/mol. The molecule has 0 saturated carbocycles. The molecule has 2 nitrogen and oxygen atoms in total. The van der Waals surface area contributed by atoms with Gasteiger partial charge in [0.25, 0.3) is 0 Å². The highest BCUT2D eigenvalue weighted by Crippen LogP contribution is 2.18. The van der Waals surface area contributed by atoms with Crippen LogP contribution in [0.15, 0.2) is 54.7 Å². The number of para-hydroxylation sites is 1. The summed E-state index contributed by atoms with van der Waals surface area (Å²) in [5.41, 5.74) is 3.94. The number of rotatable bonds is 5. The summed E-state index contributed by atoms with van der Waals surface area (Å²) < 4.78 is 1.28. The molecule has 0 aliphatic heterocycles. The molecule has 0 fully saturated rings. The lowest BCUT2D eigenvalue weighted by Gasteiger charge is -2.14. The third-order valence-corrected chi connectivity index (χ3v) is 4.61. The van der Waals surface area contributed by atoms with E-state index in [4.69, 9.17) is 0 Å². The van der Waals surface area contributed by atoms with Crippen molar-refractivity contribution >= 4 is 33.5 Å². The average Bonchev–Trinajstić information content (AvgIpc) is 2.91. The smallest absolute Gasteiger partial charge is 0.0456 e. The summed E-state index contributed by atoms with van der Waals surface area (Å²) in [6.07, 6.45) is 3.17. The van der Waals surface area contributed by atoms with Crippen LogP contribution >= 0.6 is 22.6 Å². The number of H-pyrrole nitrogens is 1. The van der Waals surface area contributed by atoms with Crippen molar-refractivity contribution < 1.29 is 0 Å². The van der Waals surface area contributed by atoms with Crippen LogP contribution in [0.25, 0.3) is 10.9 Å². The molecule has 0 aliphatic rings. The average molecular weight is 390 g/mol. The Morgan fingerprint density at radius 3 is 2.67 bits per heavy atom. The highest BCUT2D eigenvalue weighted by atomic mass is 127. The van der Waals surface area contributed by atoms with Crippen molar-refractivity contribution in [2.45, 2.75) is 19.4 Å². The number of aromatic amines is 1. The molecular weight excluding hydrogens is 371 g/mol. The SMILES string of the molecule is CC(NCCc1c[nH]c2ccccc12)c1ccc(I)cc1. The van der Waals surface area contributed by atoms with Crippen LogP contribution in [-0.2, 0) is 6.42 Å². The van der Waals surface area contributed by atoms with Gasteiger partial charge in [-0.3, -0.25) is 0 Å². The molecular formula is C18H19IN2. The van der Waals surface area contributed by atoms with Crippen LogP contribution in [0.5, 0.6) is 0 Å². The van der Waals surface area contributed by atoms with Crippen LogP contribution in [-0.4, -0.2) is 11.5 Å². The maximum atomic E-state index is 3.61. The molecule has 3 rings (SSSR count). The zero-order valence-electron chi connectivity index (χ0n) is 12.1. The molecule has 2 aromatic carbocycles. The van der Waals surface area contributed by atoms with Crippen molar-refractivity contribution in [3.63, 3.8) is 0 Å². The van der Waals surface area contributed by atoms with E-state index in [-0.39, 0.29) is 0 Å². The minimum atomic E-state index is 0.382. The second-order valence-electron chi connectivity index (χ2n) is 5.34. The maximum absolute atomic E-state index is 3.61. The summed E-state index contributed by atoms with van der Waals surface area (Å²) in [5.74, 6) is 0. The van der Waals surface area contributed by atoms with Crippen molar-refractivity contribution in [3.8, 4) is 0 Å². The maximum Gasteiger partial charge on any atom is 0.0456 e. The number of halogens is 1. The number of benzene rings is 2. The fourth-order valence-electron chi connectivity index (χ4n) is 2.63. The minimum absolute atomic E-state index is 0.382. The fraction of sp³-hybridized carbons (Fsp3) is 0.222. The minimum Gasteiger partial charge on any atom is -0.361 e. The predicted molar refractivity (Wildman–Crippen MR) is 97.6 cm³/mol. The highest BCUT2D eigenvalue weighted by molar-refractivity contribution is 14.1. The van der Waals surface area contributed by atoms with Gasteiger partial charge < -0.3 is 10.3 Å². The van der Waals surface area contributed by atoms with Crippen molar-refractivity contribution in [3.05, 3.63) is 69.4 Å². The molecule has 0 amide bonds. The van der Waals surface area contributed by atoms with Gasteiger partial charge in [0.2, 0.25) is 0 Å². The first-order valence-corrected chi connectivity index (χ1v) is 8.36. The fourth-order valence-corrected chi connectivity index (χ4v) is 2.99. The van der Waals surface area contributed by atoms with Crippen molar-refractivity contribution in [1.29, 1.82) is 0 Å². The standard InChI is InChI=1S/C18H19IN2/c1-13(14-6-8-16(19)9-7-14)20-11-10-15-12-21-18-5-3-2-4-17(15)18/h2-9,12-13,20-21H,10-11H2,1H3. The molecule has 0 saturated heterocycles. The van der Waals surface area contributed by atoms with E-state index in [1.54, 1.807) is 0 Å². The number of hydrogen-bond donors (Lipinski definition) is 2. The van der Waals surface area contributed by atoms with Crippen LogP contribution in [0, 0.1) is 3.57 Å². The molecule has 3 aromatic rings. The molecule has 0 spiro atoms. The number of fused-ring (bicyclic) bond motifs is 1. The summed E-state index contributed by atoms with van der Waals surface area (Å²) in [7, 11) is 0. The molecule has 0 bridgehead atoms. The Balaban J connectivity index is 1.59. The summed E-state index contributed by atoms with van der Waals surface area (Å²) in [6, 6.07) is 17.6. The molecule has 2 N–H and O–H groups in total. The first kappa shape index (κ1) is 14.6. The van der Waals surface area contributed by atoms with Gasteiger partial charge in [0, 0.05) is 26.7 Å². The van der Waals surface area contributed by atoms with Gasteiger partial charge in [-0.25, -0.2) is 0 Å². The third kappa shape index (κ3) is 3.47. The van der Waals surface area contributed by atoms with Crippen LogP contribution in [0.1, 0.15) is 24.1 Å². The lowest BCUT2D eigenvalue weighted by atomic mass is 10.1. The molecule has 1 atom stereocenters. The Morgan fingerprint density at radius 1 is 1.10 bits per heavy atom. The van der Waals surface area contributed by atoms with Gasteiger partial charge in [-0.1, -0.05) is 30.3 Å². The van der Waals surface area contributed by atoms with E-state index >= 15 is 0 Å². The first-order chi connectivity index (χ1) is 10.2. The van der Waals surface area contributed by atoms with E-state index in [0.717, 1.165) is 13.0 Å². The van der Waals surface area contributed by atoms with Gasteiger partial charge in [0.15, 0.2) is 0 Å². The van der Waals surface area contributed by atoms with Crippen LogP contribution < -0.4 is 5.32 Å². The van der Waals surface area contributed by atoms with Crippen LogP contribution in [0.2, 0.25) is 0 Å². The summed E-state index contributed by atoms with van der Waals surface area (Å²) in [5, 5.41) is 4.94. The van der Waals surface area contributed by atoms with Gasteiger partial charge in [-0.15, -0.1) is 0 Å². The topological polar surface area (TPSA) is 27.8 Å². The Hall–Kier alpha value is -1.33. The summed E-state index contributed by atoms with van der Waals surface area (Å²) in [4.78, 5) is 3.34. The Morgan fingerprint density at radius 2 is 1.86 bits per heavy atom. The van der Waals surface area contributed by atoms with Crippen molar-refractivity contribution in [1.82, 2.24) is 10.3 Å². The van der Waals surface area contributed by atoms with Gasteiger partial charge in [-0.05, 0) is 71.8 Å². The molecule has 1 heterocycles. The second kappa shape index (κ2) is 6.62. The number of nitrogens with one attached hydrogen (secondary N) is 2. The van der Waals surface area contributed by atoms with Gasteiger partial charge >= 0.3 is 0 Å². The lowest BCUT2D eigenvalue weighted by molar-refractivity contribution is 0.577. The van der Waals surface area contributed by atoms with Crippen LogP contribution in [0.4, 0.5) is 0 Å².